The molecule has 0 bridgehead atoms. The third-order valence-corrected chi connectivity index (χ3v) is 2.91. The van der Waals surface area contributed by atoms with Crippen LogP contribution >= 0.6 is 0 Å². The summed E-state index contributed by atoms with van der Waals surface area (Å²) in [6.45, 7) is 1.94. The van der Waals surface area contributed by atoms with E-state index in [0.29, 0.717) is 11.5 Å². The van der Waals surface area contributed by atoms with Crippen LogP contribution in [0.5, 0.6) is 0 Å². The zero-order valence-corrected chi connectivity index (χ0v) is 9.94. The summed E-state index contributed by atoms with van der Waals surface area (Å²) in [5.41, 5.74) is 16.0. The standard InChI is InChI=1S/C13H13N5/c1-7-6-10(8-2-4-9(14)5-3-8)11-12(15)17-18-13(11)16-7/h2-6H,14H2,1H3,(H3,15,16,17,18). The van der Waals surface area contributed by atoms with E-state index >= 15 is 0 Å². The fraction of sp³-hybridized carbons (Fsp3) is 0.0769. The number of nitrogens with two attached hydrogens (primary N) is 2. The SMILES string of the molecule is Cc1cc(-c2ccc(N)cc2)c2c(N)n[nH]c2n1. The quantitative estimate of drug-likeness (QED) is 0.567. The van der Waals surface area contributed by atoms with Gasteiger partial charge in [-0.1, -0.05) is 12.1 Å². The van der Waals surface area contributed by atoms with Gasteiger partial charge in [0.2, 0.25) is 0 Å². The average molecular weight is 239 g/mol. The van der Waals surface area contributed by atoms with E-state index in [9.17, 15) is 0 Å². The van der Waals surface area contributed by atoms with Crippen LogP contribution in [0.15, 0.2) is 30.3 Å². The van der Waals surface area contributed by atoms with Crippen molar-refractivity contribution in [1.29, 1.82) is 0 Å². The zero-order valence-electron chi connectivity index (χ0n) is 9.94. The van der Waals surface area contributed by atoms with Crippen molar-refractivity contribution in [3.8, 4) is 11.1 Å². The van der Waals surface area contributed by atoms with Gasteiger partial charge in [-0.25, -0.2) is 4.98 Å². The molecule has 0 aliphatic carbocycles. The van der Waals surface area contributed by atoms with Gasteiger partial charge < -0.3 is 11.5 Å². The monoisotopic (exact) mass is 239 g/mol. The van der Waals surface area contributed by atoms with E-state index in [1.165, 1.54) is 0 Å². The van der Waals surface area contributed by atoms with Gasteiger partial charge in [-0.2, -0.15) is 5.10 Å². The normalized spacial score (nSPS) is 10.9. The van der Waals surface area contributed by atoms with E-state index < -0.39 is 0 Å². The molecule has 5 nitrogen and oxygen atoms in total. The van der Waals surface area contributed by atoms with E-state index in [4.69, 9.17) is 11.5 Å². The number of nitrogens with one attached hydrogen (secondary N) is 1. The number of aromatic nitrogens is 3. The molecule has 0 aliphatic rings. The molecule has 0 spiro atoms. The lowest BCUT2D eigenvalue weighted by molar-refractivity contribution is 1.09. The van der Waals surface area contributed by atoms with Gasteiger partial charge in [-0.15, -0.1) is 0 Å². The maximum atomic E-state index is 5.89. The lowest BCUT2D eigenvalue weighted by Crippen LogP contribution is -1.90. The highest BCUT2D eigenvalue weighted by atomic mass is 15.2. The molecule has 0 saturated carbocycles. The summed E-state index contributed by atoms with van der Waals surface area (Å²) < 4.78 is 0. The van der Waals surface area contributed by atoms with Crippen LogP contribution in [0.1, 0.15) is 5.69 Å². The molecule has 18 heavy (non-hydrogen) atoms. The number of pyridine rings is 1. The molecular formula is C13H13N5. The van der Waals surface area contributed by atoms with Crippen LogP contribution in [0.4, 0.5) is 11.5 Å². The Morgan fingerprint density at radius 1 is 1.11 bits per heavy atom. The van der Waals surface area contributed by atoms with Gasteiger partial charge in [0.25, 0.3) is 0 Å². The van der Waals surface area contributed by atoms with Crippen molar-refractivity contribution < 1.29 is 0 Å². The van der Waals surface area contributed by atoms with Gasteiger partial charge in [0.15, 0.2) is 11.5 Å². The summed E-state index contributed by atoms with van der Waals surface area (Å²) >= 11 is 0. The van der Waals surface area contributed by atoms with Crippen LogP contribution in [0.2, 0.25) is 0 Å². The second-order valence-electron chi connectivity index (χ2n) is 4.27. The first kappa shape index (κ1) is 10.6. The largest absolute Gasteiger partial charge is 0.399 e. The number of hydrogen-bond donors (Lipinski definition) is 3. The number of H-pyrrole nitrogens is 1. The molecule has 2 aromatic heterocycles. The molecule has 0 saturated heterocycles. The van der Waals surface area contributed by atoms with Crippen LogP contribution in [-0.4, -0.2) is 15.2 Å². The maximum absolute atomic E-state index is 5.89. The first-order valence-corrected chi connectivity index (χ1v) is 5.62. The first-order valence-electron chi connectivity index (χ1n) is 5.62. The number of benzene rings is 1. The van der Waals surface area contributed by atoms with E-state index in [1.807, 2.05) is 37.3 Å². The Labute approximate surface area is 104 Å². The highest BCUT2D eigenvalue weighted by Crippen LogP contribution is 2.31. The lowest BCUT2D eigenvalue weighted by atomic mass is 10.0. The van der Waals surface area contributed by atoms with Crippen molar-refractivity contribution in [2.24, 2.45) is 0 Å². The Morgan fingerprint density at radius 2 is 1.83 bits per heavy atom. The third kappa shape index (κ3) is 1.57. The highest BCUT2D eigenvalue weighted by Gasteiger charge is 2.11. The molecule has 3 aromatic rings. The summed E-state index contributed by atoms with van der Waals surface area (Å²) in [4.78, 5) is 4.38. The van der Waals surface area contributed by atoms with Crippen LogP contribution < -0.4 is 11.5 Å². The molecule has 1 aromatic carbocycles. The Morgan fingerprint density at radius 3 is 2.56 bits per heavy atom. The molecule has 0 unspecified atom stereocenters. The van der Waals surface area contributed by atoms with Crippen molar-refractivity contribution in [3.05, 3.63) is 36.0 Å². The minimum atomic E-state index is 0.462. The summed E-state index contributed by atoms with van der Waals surface area (Å²) in [5, 5.41) is 7.70. The molecule has 5 N–H and O–H groups in total. The van der Waals surface area contributed by atoms with Crippen molar-refractivity contribution in [1.82, 2.24) is 15.2 Å². The van der Waals surface area contributed by atoms with Crippen LogP contribution in [0, 0.1) is 6.92 Å². The van der Waals surface area contributed by atoms with Gasteiger partial charge in [0, 0.05) is 11.4 Å². The number of aryl methyl sites for hydroxylation is 1. The number of nitrogen functional groups attached to an aromatic ring is 2. The second kappa shape index (κ2) is 3.73. The summed E-state index contributed by atoms with van der Waals surface area (Å²) in [6.07, 6.45) is 0. The van der Waals surface area contributed by atoms with Gasteiger partial charge in [0.05, 0.1) is 5.39 Å². The number of anilines is 2. The van der Waals surface area contributed by atoms with Gasteiger partial charge >= 0.3 is 0 Å². The predicted octanol–water partition coefficient (Wildman–Crippen LogP) is 2.10. The van der Waals surface area contributed by atoms with Crippen molar-refractivity contribution in [3.63, 3.8) is 0 Å². The topological polar surface area (TPSA) is 93.6 Å². The average Bonchev–Trinajstić information content (AvgIpc) is 2.71. The highest BCUT2D eigenvalue weighted by molar-refractivity contribution is 6.00. The number of hydrogen-bond acceptors (Lipinski definition) is 4. The first-order chi connectivity index (χ1) is 8.65. The number of nitrogens with zero attached hydrogens (tertiary/aromatic N) is 2. The van der Waals surface area contributed by atoms with E-state index in [1.54, 1.807) is 0 Å². The third-order valence-electron chi connectivity index (χ3n) is 2.91. The molecule has 90 valence electrons. The molecular weight excluding hydrogens is 226 g/mol. The zero-order chi connectivity index (χ0) is 12.7. The molecule has 0 fully saturated rings. The van der Waals surface area contributed by atoms with Crippen molar-refractivity contribution in [2.75, 3.05) is 11.5 Å². The molecule has 2 heterocycles. The molecule has 0 radical (unpaired) electrons. The minimum absolute atomic E-state index is 0.462. The Hall–Kier alpha value is -2.56. The Bertz CT molecular complexity index is 712. The fourth-order valence-electron chi connectivity index (χ4n) is 2.07. The van der Waals surface area contributed by atoms with E-state index in [-0.39, 0.29) is 0 Å². The van der Waals surface area contributed by atoms with Gasteiger partial charge in [0.1, 0.15) is 0 Å². The molecule has 0 amide bonds. The predicted molar refractivity (Wildman–Crippen MR) is 72.9 cm³/mol. The van der Waals surface area contributed by atoms with E-state index in [0.717, 1.165) is 27.9 Å². The van der Waals surface area contributed by atoms with Gasteiger partial charge in [-0.05, 0) is 36.2 Å². The lowest BCUT2D eigenvalue weighted by Gasteiger charge is -2.05. The maximum Gasteiger partial charge on any atom is 0.158 e. The summed E-state index contributed by atoms with van der Waals surface area (Å²) in [7, 11) is 0. The van der Waals surface area contributed by atoms with Crippen LogP contribution in [0.25, 0.3) is 22.2 Å². The smallest absolute Gasteiger partial charge is 0.158 e. The number of fused-ring (bicyclic) bond motifs is 1. The Balaban J connectivity index is 2.33. The van der Waals surface area contributed by atoms with E-state index in [2.05, 4.69) is 15.2 Å². The minimum Gasteiger partial charge on any atom is -0.399 e. The van der Waals surface area contributed by atoms with Crippen LogP contribution in [-0.2, 0) is 0 Å². The Kier molecular flexibility index (Phi) is 2.19. The van der Waals surface area contributed by atoms with Crippen molar-refractivity contribution >= 4 is 22.5 Å². The van der Waals surface area contributed by atoms with Crippen LogP contribution in [0.3, 0.4) is 0 Å². The molecule has 5 heteroatoms. The molecule has 0 aliphatic heterocycles. The molecule has 3 rings (SSSR count). The van der Waals surface area contributed by atoms with Gasteiger partial charge in [-0.3, -0.25) is 5.10 Å². The number of rotatable bonds is 1. The second-order valence-corrected chi connectivity index (χ2v) is 4.27. The number of aromatic amines is 1. The summed E-state index contributed by atoms with van der Waals surface area (Å²) in [6, 6.07) is 9.67. The fourth-order valence-corrected chi connectivity index (χ4v) is 2.07. The molecule has 0 atom stereocenters. The van der Waals surface area contributed by atoms with Crippen molar-refractivity contribution in [2.45, 2.75) is 6.92 Å². The summed E-state index contributed by atoms with van der Waals surface area (Å²) in [5.74, 6) is 0.462.